The number of rotatable bonds is 9. The van der Waals surface area contributed by atoms with Crippen molar-refractivity contribution in [2.75, 3.05) is 72.1 Å². The molecule has 0 bridgehead atoms. The number of morpholine rings is 1. The first-order valence-electron chi connectivity index (χ1n) is 10.3. The Balaban J connectivity index is 1.36. The van der Waals surface area contributed by atoms with Crippen LogP contribution in [0.3, 0.4) is 0 Å². The van der Waals surface area contributed by atoms with Crippen LogP contribution in [0.2, 0.25) is 0 Å². The topological polar surface area (TPSA) is 94.3 Å². The Labute approximate surface area is 166 Å². The molecule has 1 atom stereocenters. The summed E-state index contributed by atoms with van der Waals surface area (Å²) in [6.07, 6.45) is 1.99. The average molecular weight is 396 g/mol. The lowest BCUT2D eigenvalue weighted by Crippen LogP contribution is -2.50. The van der Waals surface area contributed by atoms with Crippen LogP contribution in [0.15, 0.2) is 10.7 Å². The summed E-state index contributed by atoms with van der Waals surface area (Å²) in [5.74, 6) is 0.387. The highest BCUT2D eigenvalue weighted by molar-refractivity contribution is 5.91. The summed E-state index contributed by atoms with van der Waals surface area (Å²) in [5.41, 5.74) is 0.341. The Morgan fingerprint density at radius 1 is 1.14 bits per heavy atom. The number of oxazole rings is 1. The van der Waals surface area contributed by atoms with Gasteiger partial charge in [-0.2, -0.15) is 0 Å². The molecule has 2 N–H and O–H groups in total. The molecule has 0 aliphatic carbocycles. The second-order valence-electron chi connectivity index (χ2n) is 7.53. The van der Waals surface area contributed by atoms with Crippen LogP contribution in [0.5, 0.6) is 0 Å². The number of carbonyl (C=O) groups excluding carboxylic acids is 1. The minimum atomic E-state index is -0.333. The molecule has 1 aromatic heterocycles. The van der Waals surface area contributed by atoms with E-state index in [9.17, 15) is 9.90 Å². The molecule has 9 nitrogen and oxygen atoms in total. The van der Waals surface area contributed by atoms with E-state index in [2.05, 4.69) is 25.0 Å². The van der Waals surface area contributed by atoms with Crippen LogP contribution in [0.4, 0.5) is 0 Å². The van der Waals surface area contributed by atoms with E-state index in [0.717, 1.165) is 58.9 Å². The highest BCUT2D eigenvalue weighted by atomic mass is 16.5. The standard InChI is InChI=1S/C19H33N5O4/c1-2-3-20-19(26)17-15-28-18(21-17)14-23-6-4-22(5-7-23)12-16(25)13-24-8-10-27-11-9-24/h15-16,25H,2-14H2,1H3,(H,20,26). The second-order valence-corrected chi connectivity index (χ2v) is 7.53. The molecule has 0 spiro atoms. The van der Waals surface area contributed by atoms with E-state index in [1.54, 1.807) is 0 Å². The first kappa shape index (κ1) is 21.2. The van der Waals surface area contributed by atoms with Crippen LogP contribution in [-0.4, -0.2) is 109 Å². The van der Waals surface area contributed by atoms with Gasteiger partial charge in [0.2, 0.25) is 5.89 Å². The summed E-state index contributed by atoms with van der Waals surface area (Å²) in [4.78, 5) is 23.0. The van der Waals surface area contributed by atoms with Crippen molar-refractivity contribution in [3.63, 3.8) is 0 Å². The smallest absolute Gasteiger partial charge is 0.273 e. The number of aliphatic hydroxyl groups is 1. The van der Waals surface area contributed by atoms with Crippen LogP contribution in [0.1, 0.15) is 29.7 Å². The van der Waals surface area contributed by atoms with Crippen LogP contribution >= 0.6 is 0 Å². The molecule has 2 aliphatic heterocycles. The Kier molecular flexibility index (Phi) is 8.23. The van der Waals surface area contributed by atoms with Gasteiger partial charge in [0.05, 0.1) is 25.9 Å². The predicted molar refractivity (Wildman–Crippen MR) is 104 cm³/mol. The van der Waals surface area contributed by atoms with Crippen molar-refractivity contribution >= 4 is 5.91 Å². The number of piperazine rings is 1. The van der Waals surface area contributed by atoms with Gasteiger partial charge in [-0.05, 0) is 6.42 Å². The molecule has 0 saturated carbocycles. The monoisotopic (exact) mass is 395 g/mol. The molecule has 3 heterocycles. The van der Waals surface area contributed by atoms with Crippen molar-refractivity contribution in [3.05, 3.63) is 17.8 Å². The molecule has 1 amide bonds. The number of aliphatic hydroxyl groups excluding tert-OH is 1. The molecule has 9 heteroatoms. The molecule has 3 rings (SSSR count). The second kappa shape index (κ2) is 10.9. The Bertz CT molecular complexity index is 597. The first-order valence-corrected chi connectivity index (χ1v) is 10.3. The van der Waals surface area contributed by atoms with Gasteiger partial charge in [0.1, 0.15) is 6.26 Å². The number of nitrogens with zero attached hydrogens (tertiary/aromatic N) is 4. The third kappa shape index (κ3) is 6.52. The SMILES string of the molecule is CCCNC(=O)c1coc(CN2CCN(CC(O)CN3CCOCC3)CC2)n1. The van der Waals surface area contributed by atoms with Gasteiger partial charge in [0.15, 0.2) is 5.69 Å². The Hall–Kier alpha value is -1.52. The maximum Gasteiger partial charge on any atom is 0.273 e. The summed E-state index contributed by atoms with van der Waals surface area (Å²) in [7, 11) is 0. The summed E-state index contributed by atoms with van der Waals surface area (Å²) in [6, 6.07) is 0. The number of amides is 1. The molecule has 1 unspecified atom stereocenters. The molecule has 158 valence electrons. The summed E-state index contributed by atoms with van der Waals surface area (Å²) >= 11 is 0. The van der Waals surface area contributed by atoms with Gasteiger partial charge in [-0.1, -0.05) is 6.92 Å². The molecule has 28 heavy (non-hydrogen) atoms. The summed E-state index contributed by atoms with van der Waals surface area (Å²) in [5, 5.41) is 13.2. The maximum absolute atomic E-state index is 11.9. The number of nitrogens with one attached hydrogen (secondary N) is 1. The zero-order valence-corrected chi connectivity index (χ0v) is 16.8. The molecule has 2 aliphatic rings. The fourth-order valence-corrected chi connectivity index (χ4v) is 3.58. The lowest BCUT2D eigenvalue weighted by molar-refractivity contribution is 0.00187. The van der Waals surface area contributed by atoms with E-state index in [0.29, 0.717) is 37.8 Å². The summed E-state index contributed by atoms with van der Waals surface area (Å²) in [6.45, 7) is 11.6. The number of carbonyl (C=O) groups is 1. The molecule has 0 radical (unpaired) electrons. The van der Waals surface area contributed by atoms with Crippen molar-refractivity contribution in [1.29, 1.82) is 0 Å². The molecular formula is C19H33N5O4. The van der Waals surface area contributed by atoms with Gasteiger partial charge in [0, 0.05) is 58.9 Å². The molecule has 1 aromatic rings. The highest BCUT2D eigenvalue weighted by Gasteiger charge is 2.22. The minimum Gasteiger partial charge on any atom is -0.447 e. The Morgan fingerprint density at radius 2 is 1.79 bits per heavy atom. The van der Waals surface area contributed by atoms with Crippen LogP contribution in [0.25, 0.3) is 0 Å². The fourth-order valence-electron chi connectivity index (χ4n) is 3.58. The van der Waals surface area contributed by atoms with Gasteiger partial charge >= 0.3 is 0 Å². The van der Waals surface area contributed by atoms with E-state index in [1.165, 1.54) is 6.26 Å². The highest BCUT2D eigenvalue weighted by Crippen LogP contribution is 2.10. The van der Waals surface area contributed by atoms with Crippen LogP contribution in [-0.2, 0) is 11.3 Å². The molecule has 0 aromatic carbocycles. The van der Waals surface area contributed by atoms with Crippen molar-refractivity contribution < 1.29 is 19.1 Å². The molecular weight excluding hydrogens is 362 g/mol. The number of β-amino-alcohol motifs (C(OH)–C–C–N with tert-alkyl or cyclic N) is 1. The lowest BCUT2D eigenvalue weighted by atomic mass is 10.2. The zero-order valence-electron chi connectivity index (χ0n) is 16.8. The van der Waals surface area contributed by atoms with E-state index >= 15 is 0 Å². The van der Waals surface area contributed by atoms with Crippen molar-refractivity contribution in [2.24, 2.45) is 0 Å². The minimum absolute atomic E-state index is 0.184. The molecule has 2 fully saturated rings. The maximum atomic E-state index is 11.9. The van der Waals surface area contributed by atoms with Crippen molar-refractivity contribution in [2.45, 2.75) is 26.0 Å². The van der Waals surface area contributed by atoms with E-state index in [-0.39, 0.29) is 12.0 Å². The van der Waals surface area contributed by atoms with Gasteiger partial charge in [-0.15, -0.1) is 0 Å². The van der Waals surface area contributed by atoms with Crippen LogP contribution in [0, 0.1) is 0 Å². The zero-order chi connectivity index (χ0) is 19.8. The van der Waals surface area contributed by atoms with E-state index < -0.39 is 0 Å². The molecule has 2 saturated heterocycles. The Morgan fingerprint density at radius 3 is 2.46 bits per heavy atom. The van der Waals surface area contributed by atoms with Crippen molar-refractivity contribution in [1.82, 2.24) is 25.0 Å². The number of aromatic nitrogens is 1. The number of ether oxygens (including phenoxy) is 1. The van der Waals surface area contributed by atoms with Gasteiger partial charge < -0.3 is 19.6 Å². The predicted octanol–water partition coefficient (Wildman–Crippen LogP) is -0.375. The van der Waals surface area contributed by atoms with Gasteiger partial charge in [0.25, 0.3) is 5.91 Å². The fraction of sp³-hybridized carbons (Fsp3) is 0.789. The van der Waals surface area contributed by atoms with Crippen molar-refractivity contribution in [3.8, 4) is 0 Å². The quantitative estimate of drug-likeness (QED) is 0.585. The lowest BCUT2D eigenvalue weighted by Gasteiger charge is -2.36. The third-order valence-corrected chi connectivity index (χ3v) is 5.19. The normalized spacial score (nSPS) is 20.9. The largest absolute Gasteiger partial charge is 0.447 e. The number of hydrogen-bond donors (Lipinski definition) is 2. The first-order chi connectivity index (χ1) is 13.6. The van der Waals surface area contributed by atoms with Gasteiger partial charge in [-0.25, -0.2) is 4.98 Å². The van der Waals surface area contributed by atoms with E-state index in [1.807, 2.05) is 6.92 Å². The van der Waals surface area contributed by atoms with Crippen LogP contribution < -0.4 is 5.32 Å². The summed E-state index contributed by atoms with van der Waals surface area (Å²) < 4.78 is 10.8. The van der Waals surface area contributed by atoms with Gasteiger partial charge in [-0.3, -0.25) is 19.5 Å². The average Bonchev–Trinajstić information content (AvgIpc) is 3.17. The third-order valence-electron chi connectivity index (χ3n) is 5.19. The van der Waals surface area contributed by atoms with E-state index in [4.69, 9.17) is 9.15 Å². The number of hydrogen-bond acceptors (Lipinski definition) is 8.